The van der Waals surface area contributed by atoms with Gasteiger partial charge >= 0.3 is 11.9 Å². The Morgan fingerprint density at radius 1 is 1.14 bits per heavy atom. The van der Waals surface area contributed by atoms with Crippen LogP contribution < -0.4 is 0 Å². The number of hydrogen-bond donors (Lipinski definition) is 0. The smallest absolute Gasteiger partial charge is 0.334 e. The number of methoxy groups -OCH3 is 2. The first-order chi connectivity index (χ1) is 9.78. The van der Waals surface area contributed by atoms with Gasteiger partial charge in [-0.1, -0.05) is 33.3 Å². The van der Waals surface area contributed by atoms with Gasteiger partial charge in [0.15, 0.2) is 0 Å². The minimum atomic E-state index is -0.520. The van der Waals surface area contributed by atoms with Crippen LogP contribution >= 0.6 is 0 Å². The molecule has 0 heterocycles. The van der Waals surface area contributed by atoms with Crippen LogP contribution in [0.25, 0.3) is 0 Å². The molecule has 2 aliphatic carbocycles. The van der Waals surface area contributed by atoms with Gasteiger partial charge in [0.25, 0.3) is 0 Å². The van der Waals surface area contributed by atoms with E-state index in [1.165, 1.54) is 14.2 Å². The van der Waals surface area contributed by atoms with Crippen molar-refractivity contribution in [1.82, 2.24) is 0 Å². The molecule has 3 atom stereocenters. The summed E-state index contributed by atoms with van der Waals surface area (Å²) >= 11 is 0. The highest BCUT2D eigenvalue weighted by Gasteiger charge is 2.56. The van der Waals surface area contributed by atoms with E-state index in [1.54, 1.807) is 0 Å². The van der Waals surface area contributed by atoms with E-state index >= 15 is 0 Å². The number of carbonyl (C=O) groups is 2. The van der Waals surface area contributed by atoms with Gasteiger partial charge in [-0.25, -0.2) is 4.79 Å². The highest BCUT2D eigenvalue weighted by atomic mass is 16.5. The maximum absolute atomic E-state index is 12.4. The molecule has 0 saturated heterocycles. The highest BCUT2D eigenvalue weighted by molar-refractivity contribution is 5.96. The van der Waals surface area contributed by atoms with Crippen LogP contribution in [0.3, 0.4) is 0 Å². The minimum Gasteiger partial charge on any atom is -0.469 e. The number of esters is 2. The van der Waals surface area contributed by atoms with Crippen LogP contribution in [0.5, 0.6) is 0 Å². The SMILES string of the molecule is COC(=O)C1=CC[C@H]2C(C)(C)CCC[C@]2(C)[C@H]1C(=O)OC. The van der Waals surface area contributed by atoms with Gasteiger partial charge in [-0.15, -0.1) is 0 Å². The fourth-order valence-corrected chi connectivity index (χ4v) is 4.65. The lowest BCUT2D eigenvalue weighted by Crippen LogP contribution is -2.52. The predicted molar refractivity (Wildman–Crippen MR) is 79.5 cm³/mol. The van der Waals surface area contributed by atoms with Gasteiger partial charge in [0.1, 0.15) is 0 Å². The summed E-state index contributed by atoms with van der Waals surface area (Å²) in [6.45, 7) is 6.66. The zero-order valence-corrected chi connectivity index (χ0v) is 13.7. The fourth-order valence-electron chi connectivity index (χ4n) is 4.65. The van der Waals surface area contributed by atoms with Crippen LogP contribution in [0.1, 0.15) is 46.5 Å². The van der Waals surface area contributed by atoms with Gasteiger partial charge in [0, 0.05) is 5.57 Å². The molecular formula is C17H26O4. The molecule has 1 fully saturated rings. The van der Waals surface area contributed by atoms with E-state index in [2.05, 4.69) is 20.8 Å². The number of hydrogen-bond acceptors (Lipinski definition) is 4. The molecule has 0 N–H and O–H groups in total. The second kappa shape index (κ2) is 5.47. The molecule has 0 aromatic heterocycles. The first-order valence-electron chi connectivity index (χ1n) is 7.64. The van der Waals surface area contributed by atoms with Crippen LogP contribution in [0.2, 0.25) is 0 Å². The summed E-state index contributed by atoms with van der Waals surface area (Å²) < 4.78 is 9.89. The Morgan fingerprint density at radius 2 is 1.81 bits per heavy atom. The average molecular weight is 294 g/mol. The molecule has 0 aromatic carbocycles. The number of fused-ring (bicyclic) bond motifs is 1. The normalized spacial score (nSPS) is 34.4. The minimum absolute atomic E-state index is 0.164. The van der Waals surface area contributed by atoms with Crippen molar-refractivity contribution in [2.75, 3.05) is 14.2 Å². The van der Waals surface area contributed by atoms with Crippen molar-refractivity contribution in [2.24, 2.45) is 22.7 Å². The van der Waals surface area contributed by atoms with Crippen molar-refractivity contribution in [1.29, 1.82) is 0 Å². The Hall–Kier alpha value is -1.32. The standard InChI is InChI=1S/C17H26O4/c1-16(2)9-6-10-17(3)12(16)8-7-11(14(18)20-4)13(17)15(19)21-5/h7,12-13H,6,8-10H2,1-5H3/t12-,13+,17-/m0/s1. The van der Waals surface area contributed by atoms with Crippen LogP contribution in [0.4, 0.5) is 0 Å². The van der Waals surface area contributed by atoms with E-state index in [0.29, 0.717) is 11.5 Å². The lowest BCUT2D eigenvalue weighted by molar-refractivity contribution is -0.158. The van der Waals surface area contributed by atoms with Crippen molar-refractivity contribution in [3.8, 4) is 0 Å². The lowest BCUT2D eigenvalue weighted by Gasteiger charge is -2.55. The zero-order chi connectivity index (χ0) is 15.8. The van der Waals surface area contributed by atoms with Crippen LogP contribution in [0, 0.1) is 22.7 Å². The molecule has 21 heavy (non-hydrogen) atoms. The molecule has 118 valence electrons. The van der Waals surface area contributed by atoms with Crippen molar-refractivity contribution in [3.05, 3.63) is 11.6 Å². The summed E-state index contributed by atoms with van der Waals surface area (Å²) in [6.07, 6.45) is 5.88. The quantitative estimate of drug-likeness (QED) is 0.734. The number of ether oxygens (including phenoxy) is 2. The molecule has 0 aliphatic heterocycles. The molecule has 0 amide bonds. The Balaban J connectivity index is 2.51. The van der Waals surface area contributed by atoms with E-state index in [9.17, 15) is 9.59 Å². The topological polar surface area (TPSA) is 52.6 Å². The molecule has 0 unspecified atom stereocenters. The summed E-state index contributed by atoms with van der Waals surface area (Å²) in [5.74, 6) is -0.880. The van der Waals surface area contributed by atoms with E-state index in [1.807, 2.05) is 6.08 Å². The van der Waals surface area contributed by atoms with Gasteiger partial charge in [-0.3, -0.25) is 4.79 Å². The van der Waals surface area contributed by atoms with Crippen molar-refractivity contribution in [2.45, 2.75) is 46.5 Å². The summed E-state index contributed by atoms with van der Waals surface area (Å²) in [5, 5.41) is 0. The van der Waals surface area contributed by atoms with Gasteiger partial charge in [-0.2, -0.15) is 0 Å². The van der Waals surface area contributed by atoms with E-state index in [-0.39, 0.29) is 16.8 Å². The molecule has 2 aliphatic rings. The fraction of sp³-hybridized carbons (Fsp3) is 0.765. The predicted octanol–water partition coefficient (Wildman–Crippen LogP) is 3.11. The lowest BCUT2D eigenvalue weighted by atomic mass is 9.48. The molecule has 2 rings (SSSR count). The van der Waals surface area contributed by atoms with Gasteiger partial charge in [-0.05, 0) is 36.0 Å². The molecule has 0 spiro atoms. The van der Waals surface area contributed by atoms with Crippen LogP contribution in [0.15, 0.2) is 11.6 Å². The summed E-state index contributed by atoms with van der Waals surface area (Å²) in [7, 11) is 2.74. The van der Waals surface area contributed by atoms with E-state index in [4.69, 9.17) is 9.47 Å². The van der Waals surface area contributed by atoms with Crippen molar-refractivity contribution >= 4 is 11.9 Å². The maximum Gasteiger partial charge on any atom is 0.334 e. The summed E-state index contributed by atoms with van der Waals surface area (Å²) in [5.41, 5.74) is 0.394. The highest BCUT2D eigenvalue weighted by Crippen LogP contribution is 2.59. The largest absolute Gasteiger partial charge is 0.469 e. The Morgan fingerprint density at radius 3 is 2.38 bits per heavy atom. The summed E-state index contributed by atoms with van der Waals surface area (Å²) in [6, 6.07) is 0. The molecule has 4 heteroatoms. The van der Waals surface area contributed by atoms with Gasteiger partial charge in [0.2, 0.25) is 0 Å². The number of carbonyl (C=O) groups excluding carboxylic acids is 2. The second-order valence-corrected chi connectivity index (χ2v) is 7.24. The second-order valence-electron chi connectivity index (χ2n) is 7.24. The monoisotopic (exact) mass is 294 g/mol. The number of rotatable bonds is 2. The third kappa shape index (κ3) is 2.49. The Bertz CT molecular complexity index is 477. The summed E-state index contributed by atoms with van der Waals surface area (Å²) in [4.78, 5) is 24.5. The Labute approximate surface area is 126 Å². The van der Waals surface area contributed by atoms with Crippen molar-refractivity contribution < 1.29 is 19.1 Å². The molecule has 0 aromatic rings. The van der Waals surface area contributed by atoms with Gasteiger partial charge < -0.3 is 9.47 Å². The zero-order valence-electron chi connectivity index (χ0n) is 13.7. The molecule has 0 radical (unpaired) electrons. The molecule has 1 saturated carbocycles. The molecule has 0 bridgehead atoms. The number of allylic oxidation sites excluding steroid dienone is 1. The maximum atomic E-state index is 12.4. The van der Waals surface area contributed by atoms with Gasteiger partial charge in [0.05, 0.1) is 20.1 Å². The van der Waals surface area contributed by atoms with Crippen LogP contribution in [-0.2, 0) is 19.1 Å². The third-order valence-electron chi connectivity index (χ3n) is 5.68. The first-order valence-corrected chi connectivity index (χ1v) is 7.64. The average Bonchev–Trinajstić information content (AvgIpc) is 2.43. The molecular weight excluding hydrogens is 268 g/mol. The van der Waals surface area contributed by atoms with E-state index in [0.717, 1.165) is 25.7 Å². The molecule has 4 nitrogen and oxygen atoms in total. The van der Waals surface area contributed by atoms with Crippen molar-refractivity contribution in [3.63, 3.8) is 0 Å². The Kier molecular flexibility index (Phi) is 4.18. The third-order valence-corrected chi connectivity index (χ3v) is 5.68. The first kappa shape index (κ1) is 16.1. The van der Waals surface area contributed by atoms with E-state index < -0.39 is 11.9 Å². The van der Waals surface area contributed by atoms with Crippen LogP contribution in [-0.4, -0.2) is 26.2 Å².